The van der Waals surface area contributed by atoms with Crippen molar-refractivity contribution in [1.82, 2.24) is 29.8 Å². The minimum atomic E-state index is 0.00738. The number of fused-ring (bicyclic) bond motifs is 1. The first kappa shape index (κ1) is 19.7. The van der Waals surface area contributed by atoms with Crippen LogP contribution >= 0.6 is 23.2 Å². The summed E-state index contributed by atoms with van der Waals surface area (Å²) >= 11 is 12.6. The second kappa shape index (κ2) is 8.13. The maximum Gasteiger partial charge on any atom is 0.254 e. The van der Waals surface area contributed by atoms with Crippen molar-refractivity contribution in [2.75, 3.05) is 18.4 Å². The van der Waals surface area contributed by atoms with E-state index in [1.807, 2.05) is 4.90 Å². The molecule has 1 amide bonds. The van der Waals surface area contributed by atoms with E-state index in [0.717, 1.165) is 25.9 Å². The molecule has 156 valence electrons. The summed E-state index contributed by atoms with van der Waals surface area (Å²) in [5, 5.41) is 4.11. The Bertz CT molecular complexity index is 1260. The second-order valence-corrected chi connectivity index (χ2v) is 7.97. The lowest BCUT2D eigenvalue weighted by molar-refractivity contribution is 0.0792. The van der Waals surface area contributed by atoms with E-state index in [9.17, 15) is 4.79 Å². The van der Waals surface area contributed by atoms with E-state index in [1.54, 1.807) is 36.5 Å². The summed E-state index contributed by atoms with van der Waals surface area (Å²) < 4.78 is 0. The van der Waals surface area contributed by atoms with E-state index >= 15 is 0 Å². The number of hydrogen-bond donors (Lipinski definition) is 2. The summed E-state index contributed by atoms with van der Waals surface area (Å²) in [6, 6.07) is 8.69. The van der Waals surface area contributed by atoms with Crippen LogP contribution in [0.3, 0.4) is 0 Å². The van der Waals surface area contributed by atoms with E-state index in [2.05, 4.69) is 30.2 Å². The highest BCUT2D eigenvalue weighted by Gasteiger charge is 2.20. The Morgan fingerprint density at radius 2 is 1.84 bits per heavy atom. The lowest BCUT2D eigenvalue weighted by Gasteiger charge is -2.15. The van der Waals surface area contributed by atoms with Gasteiger partial charge >= 0.3 is 0 Å². The number of nitrogens with one attached hydrogen (secondary N) is 2. The number of carbonyl (C=O) groups excluding carboxylic acids is 1. The monoisotopic (exact) mass is 453 g/mol. The summed E-state index contributed by atoms with van der Waals surface area (Å²) in [7, 11) is 0. The molecule has 0 bridgehead atoms. The number of likely N-dealkylation sites (tertiary alicyclic amines) is 1. The number of imidazole rings is 1. The molecule has 5 rings (SSSR count). The Morgan fingerprint density at radius 3 is 2.61 bits per heavy atom. The standard InChI is InChI=1S/C21H17Cl2N7O/c22-13-4-3-5-14(23)16(13)18-28-17-19(25-11-26-20(17)29-18)27-15-10-12(6-7-24-15)21(31)30-8-1-2-9-30/h3-7,10-11H,1-2,8-9H2,(H2,24,25,26,27,28,29). The number of nitrogens with zero attached hydrogens (tertiary/aromatic N) is 5. The highest BCUT2D eigenvalue weighted by Crippen LogP contribution is 2.34. The van der Waals surface area contributed by atoms with E-state index < -0.39 is 0 Å². The van der Waals surface area contributed by atoms with Gasteiger partial charge < -0.3 is 15.2 Å². The Balaban J connectivity index is 1.48. The van der Waals surface area contributed by atoms with Gasteiger partial charge in [-0.25, -0.2) is 19.9 Å². The molecule has 0 atom stereocenters. The van der Waals surface area contributed by atoms with E-state index in [1.165, 1.54) is 6.33 Å². The number of H-pyrrole nitrogens is 1. The summed E-state index contributed by atoms with van der Waals surface area (Å²) in [5.74, 6) is 1.47. The molecule has 0 aliphatic carbocycles. The molecule has 4 heterocycles. The molecule has 1 saturated heterocycles. The smallest absolute Gasteiger partial charge is 0.254 e. The third-order valence-corrected chi connectivity index (χ3v) is 5.76. The molecule has 0 unspecified atom stereocenters. The zero-order valence-electron chi connectivity index (χ0n) is 16.3. The number of carbonyl (C=O) groups is 1. The number of pyridine rings is 1. The first-order valence-electron chi connectivity index (χ1n) is 9.77. The third-order valence-electron chi connectivity index (χ3n) is 5.13. The predicted octanol–water partition coefficient (Wildman–Crippen LogP) is 4.70. The van der Waals surface area contributed by atoms with Crippen LogP contribution in [0.25, 0.3) is 22.6 Å². The van der Waals surface area contributed by atoms with E-state index in [4.69, 9.17) is 23.2 Å². The molecule has 2 N–H and O–H groups in total. The maximum atomic E-state index is 12.7. The fourth-order valence-corrected chi connectivity index (χ4v) is 4.20. The molecule has 10 heteroatoms. The van der Waals surface area contributed by atoms with Gasteiger partial charge in [-0.15, -0.1) is 0 Å². The first-order valence-corrected chi connectivity index (χ1v) is 10.5. The van der Waals surface area contributed by atoms with Crippen LogP contribution in [-0.2, 0) is 0 Å². The number of aromatic nitrogens is 5. The molecule has 1 fully saturated rings. The van der Waals surface area contributed by atoms with Crippen LogP contribution in [0.2, 0.25) is 10.0 Å². The number of anilines is 2. The van der Waals surface area contributed by atoms with Gasteiger partial charge in [0.2, 0.25) is 0 Å². The van der Waals surface area contributed by atoms with Crippen LogP contribution in [0.15, 0.2) is 42.9 Å². The van der Waals surface area contributed by atoms with Crippen molar-refractivity contribution in [2.24, 2.45) is 0 Å². The van der Waals surface area contributed by atoms with Crippen LogP contribution in [-0.4, -0.2) is 48.8 Å². The van der Waals surface area contributed by atoms with Gasteiger partial charge in [-0.1, -0.05) is 29.3 Å². The summed E-state index contributed by atoms with van der Waals surface area (Å²) in [6.45, 7) is 1.58. The topological polar surface area (TPSA) is 99.7 Å². The quantitative estimate of drug-likeness (QED) is 0.464. The van der Waals surface area contributed by atoms with Crippen LogP contribution in [0.5, 0.6) is 0 Å². The fourth-order valence-electron chi connectivity index (χ4n) is 3.62. The largest absolute Gasteiger partial charge is 0.339 e. The zero-order valence-corrected chi connectivity index (χ0v) is 17.8. The average molecular weight is 454 g/mol. The SMILES string of the molecule is O=C(c1ccnc(Nc2ncnc3nc(-c4c(Cl)cccc4Cl)[nH]c23)c1)N1CCCC1. The Morgan fingerprint density at radius 1 is 1.06 bits per heavy atom. The Hall–Kier alpha value is -3.23. The fraction of sp³-hybridized carbons (Fsp3) is 0.190. The van der Waals surface area contributed by atoms with Crippen LogP contribution < -0.4 is 5.32 Å². The van der Waals surface area contributed by atoms with Crippen molar-refractivity contribution in [3.05, 3.63) is 58.5 Å². The van der Waals surface area contributed by atoms with Crippen LogP contribution in [0.4, 0.5) is 11.6 Å². The minimum Gasteiger partial charge on any atom is -0.339 e. The molecule has 0 radical (unpaired) electrons. The lowest BCUT2D eigenvalue weighted by Crippen LogP contribution is -2.27. The summed E-state index contributed by atoms with van der Waals surface area (Å²) in [5.41, 5.74) is 2.20. The van der Waals surface area contributed by atoms with Gasteiger partial charge in [0.15, 0.2) is 11.5 Å². The molecule has 1 aliphatic rings. The number of halogens is 2. The third kappa shape index (κ3) is 3.80. The van der Waals surface area contributed by atoms with Gasteiger partial charge in [0.1, 0.15) is 23.5 Å². The number of benzene rings is 1. The Labute approximate surface area is 187 Å². The van der Waals surface area contributed by atoms with Gasteiger partial charge in [0.25, 0.3) is 5.91 Å². The van der Waals surface area contributed by atoms with E-state index in [-0.39, 0.29) is 5.91 Å². The van der Waals surface area contributed by atoms with Crippen LogP contribution in [0, 0.1) is 0 Å². The van der Waals surface area contributed by atoms with Crippen molar-refractivity contribution in [3.8, 4) is 11.4 Å². The second-order valence-electron chi connectivity index (χ2n) is 7.16. The molecule has 1 aliphatic heterocycles. The molecule has 3 aromatic heterocycles. The maximum absolute atomic E-state index is 12.7. The van der Waals surface area contributed by atoms with Gasteiger partial charge in [0, 0.05) is 24.8 Å². The summed E-state index contributed by atoms with van der Waals surface area (Å²) in [6.07, 6.45) is 5.09. The highest BCUT2D eigenvalue weighted by molar-refractivity contribution is 6.39. The molecule has 8 nitrogen and oxygen atoms in total. The molecule has 0 spiro atoms. The molecular weight excluding hydrogens is 437 g/mol. The molecule has 4 aromatic rings. The minimum absolute atomic E-state index is 0.00738. The molecular formula is C21H17Cl2N7O. The number of rotatable bonds is 4. The summed E-state index contributed by atoms with van der Waals surface area (Å²) in [4.78, 5) is 35.1. The average Bonchev–Trinajstić information content (AvgIpc) is 3.44. The van der Waals surface area contributed by atoms with Crippen molar-refractivity contribution in [2.45, 2.75) is 12.8 Å². The van der Waals surface area contributed by atoms with Gasteiger partial charge in [0.05, 0.1) is 15.6 Å². The molecule has 0 saturated carbocycles. The van der Waals surface area contributed by atoms with Crippen molar-refractivity contribution in [3.63, 3.8) is 0 Å². The van der Waals surface area contributed by atoms with Gasteiger partial charge in [-0.2, -0.15) is 0 Å². The molecule has 31 heavy (non-hydrogen) atoms. The Kier molecular flexibility index (Phi) is 5.17. The van der Waals surface area contributed by atoms with E-state index in [0.29, 0.717) is 49.8 Å². The predicted molar refractivity (Wildman–Crippen MR) is 120 cm³/mol. The van der Waals surface area contributed by atoms with Gasteiger partial charge in [-0.05, 0) is 37.1 Å². The van der Waals surface area contributed by atoms with Crippen LogP contribution in [0.1, 0.15) is 23.2 Å². The number of hydrogen-bond acceptors (Lipinski definition) is 6. The lowest BCUT2D eigenvalue weighted by atomic mass is 10.2. The normalized spacial score (nSPS) is 13.7. The number of amides is 1. The van der Waals surface area contributed by atoms with Gasteiger partial charge in [-0.3, -0.25) is 4.79 Å². The first-order chi connectivity index (χ1) is 15.1. The van der Waals surface area contributed by atoms with Crippen molar-refractivity contribution in [1.29, 1.82) is 0 Å². The number of aromatic amines is 1. The zero-order chi connectivity index (χ0) is 21.4. The van der Waals surface area contributed by atoms with Crippen molar-refractivity contribution >= 4 is 51.9 Å². The highest BCUT2D eigenvalue weighted by atomic mass is 35.5. The van der Waals surface area contributed by atoms with Crippen molar-refractivity contribution < 1.29 is 4.79 Å². The molecule has 1 aromatic carbocycles.